The van der Waals surface area contributed by atoms with Crippen molar-refractivity contribution in [2.45, 2.75) is 33.0 Å². The number of carbonyl (C=O) groups is 1. The summed E-state index contributed by atoms with van der Waals surface area (Å²) in [5.41, 5.74) is 1.24. The summed E-state index contributed by atoms with van der Waals surface area (Å²) in [6, 6.07) is 3.93. The maximum absolute atomic E-state index is 12.1. The summed E-state index contributed by atoms with van der Waals surface area (Å²) in [6.07, 6.45) is 3.63. The van der Waals surface area contributed by atoms with Gasteiger partial charge >= 0.3 is 6.03 Å². The van der Waals surface area contributed by atoms with Crippen LogP contribution in [0.2, 0.25) is 0 Å². The second kappa shape index (κ2) is 6.56. The highest BCUT2D eigenvalue weighted by molar-refractivity contribution is 7.10. The van der Waals surface area contributed by atoms with Crippen molar-refractivity contribution in [3.8, 4) is 0 Å². The first-order valence-electron chi connectivity index (χ1n) is 6.58. The molecule has 0 aliphatic carbocycles. The van der Waals surface area contributed by atoms with E-state index in [4.69, 9.17) is 0 Å². The molecule has 0 fully saturated rings. The van der Waals surface area contributed by atoms with Gasteiger partial charge in [-0.25, -0.2) is 4.79 Å². The fraction of sp³-hybridized carbons (Fsp3) is 0.429. The average molecular weight is 292 g/mol. The smallest absolute Gasteiger partial charge is 0.317 e. The average Bonchev–Trinajstić information content (AvgIpc) is 3.02. The molecule has 2 aromatic heterocycles. The van der Waals surface area contributed by atoms with Crippen LogP contribution in [0, 0.1) is 6.92 Å². The molecule has 0 spiro atoms. The highest BCUT2D eigenvalue weighted by Gasteiger charge is 2.14. The van der Waals surface area contributed by atoms with Gasteiger partial charge in [0.25, 0.3) is 0 Å². The number of hydrogen-bond acceptors (Lipinski definition) is 3. The van der Waals surface area contributed by atoms with Gasteiger partial charge in [0.15, 0.2) is 0 Å². The standard InChI is InChI=1S/C14H20N4OS/c1-11-5-8-20-13(11)10-17(3)14(19)16-12(2)9-18-7-4-6-15-18/h4-8,12H,9-10H2,1-3H3,(H,16,19)/t12-/m0/s1. The van der Waals surface area contributed by atoms with E-state index in [1.54, 1.807) is 22.4 Å². The molecule has 0 bridgehead atoms. The molecule has 0 unspecified atom stereocenters. The first kappa shape index (κ1) is 14.6. The van der Waals surface area contributed by atoms with Crippen LogP contribution in [-0.2, 0) is 13.1 Å². The van der Waals surface area contributed by atoms with Gasteiger partial charge in [-0.3, -0.25) is 4.68 Å². The van der Waals surface area contributed by atoms with Gasteiger partial charge in [0.05, 0.1) is 13.1 Å². The molecule has 0 saturated heterocycles. The fourth-order valence-electron chi connectivity index (χ4n) is 1.91. The quantitative estimate of drug-likeness (QED) is 0.920. The first-order valence-corrected chi connectivity index (χ1v) is 7.46. The number of nitrogens with zero attached hydrogens (tertiary/aromatic N) is 3. The SMILES string of the molecule is Cc1ccsc1CN(C)C(=O)N[C@@H](C)Cn1cccn1. The lowest BCUT2D eigenvalue weighted by molar-refractivity contribution is 0.202. The Morgan fingerprint density at radius 3 is 3.00 bits per heavy atom. The summed E-state index contributed by atoms with van der Waals surface area (Å²) in [4.78, 5) is 15.0. The largest absolute Gasteiger partial charge is 0.334 e. The van der Waals surface area contributed by atoms with Crippen molar-refractivity contribution in [1.82, 2.24) is 20.0 Å². The minimum Gasteiger partial charge on any atom is -0.334 e. The van der Waals surface area contributed by atoms with Crippen molar-refractivity contribution in [2.24, 2.45) is 0 Å². The second-order valence-electron chi connectivity index (χ2n) is 4.96. The molecular weight excluding hydrogens is 272 g/mol. The number of carbonyl (C=O) groups excluding carboxylic acids is 1. The third kappa shape index (κ3) is 3.84. The van der Waals surface area contributed by atoms with Gasteiger partial charge in [-0.05, 0) is 36.9 Å². The molecule has 6 heteroatoms. The molecule has 0 saturated carbocycles. The third-order valence-electron chi connectivity index (χ3n) is 3.09. The van der Waals surface area contributed by atoms with Crippen LogP contribution < -0.4 is 5.32 Å². The molecule has 5 nitrogen and oxygen atoms in total. The Kier molecular flexibility index (Phi) is 4.79. The van der Waals surface area contributed by atoms with Crippen LogP contribution >= 0.6 is 11.3 Å². The Hall–Kier alpha value is -1.82. The van der Waals surface area contributed by atoms with Crippen LogP contribution in [0.4, 0.5) is 4.79 Å². The number of amides is 2. The van der Waals surface area contributed by atoms with Crippen molar-refractivity contribution in [3.05, 3.63) is 40.3 Å². The van der Waals surface area contributed by atoms with E-state index >= 15 is 0 Å². The minimum atomic E-state index is -0.0579. The highest BCUT2D eigenvalue weighted by Crippen LogP contribution is 2.17. The Morgan fingerprint density at radius 1 is 1.60 bits per heavy atom. The second-order valence-corrected chi connectivity index (χ2v) is 5.96. The fourth-order valence-corrected chi connectivity index (χ4v) is 2.87. The summed E-state index contributed by atoms with van der Waals surface area (Å²) >= 11 is 1.68. The molecule has 2 amide bonds. The van der Waals surface area contributed by atoms with Crippen molar-refractivity contribution < 1.29 is 4.79 Å². The Labute approximate surface area is 123 Å². The molecule has 2 aromatic rings. The highest BCUT2D eigenvalue weighted by atomic mass is 32.1. The number of hydrogen-bond donors (Lipinski definition) is 1. The number of aromatic nitrogens is 2. The monoisotopic (exact) mass is 292 g/mol. The van der Waals surface area contributed by atoms with E-state index in [0.29, 0.717) is 13.1 Å². The van der Waals surface area contributed by atoms with Gasteiger partial charge < -0.3 is 10.2 Å². The molecule has 108 valence electrons. The van der Waals surface area contributed by atoms with Crippen LogP contribution in [0.25, 0.3) is 0 Å². The molecule has 2 rings (SSSR count). The van der Waals surface area contributed by atoms with Crippen LogP contribution in [0.5, 0.6) is 0 Å². The van der Waals surface area contributed by atoms with Crippen LogP contribution in [0.3, 0.4) is 0 Å². The van der Waals surface area contributed by atoms with E-state index < -0.39 is 0 Å². The molecule has 1 atom stereocenters. The van der Waals surface area contributed by atoms with Gasteiger partial charge in [0.1, 0.15) is 0 Å². The predicted octanol–water partition coefficient (Wildman–Crippen LogP) is 2.48. The van der Waals surface area contributed by atoms with Crippen molar-refractivity contribution in [2.75, 3.05) is 7.05 Å². The Bertz CT molecular complexity index is 549. The zero-order chi connectivity index (χ0) is 14.5. The lowest BCUT2D eigenvalue weighted by atomic mass is 10.3. The molecule has 20 heavy (non-hydrogen) atoms. The van der Waals surface area contributed by atoms with E-state index in [1.165, 1.54) is 10.4 Å². The lowest BCUT2D eigenvalue weighted by Crippen LogP contribution is -2.43. The maximum atomic E-state index is 12.1. The molecular formula is C14H20N4OS. The molecule has 2 heterocycles. The van der Waals surface area contributed by atoms with Gasteiger partial charge in [-0.2, -0.15) is 5.10 Å². The van der Waals surface area contributed by atoms with E-state index in [9.17, 15) is 4.79 Å². The van der Waals surface area contributed by atoms with Gasteiger partial charge in [-0.15, -0.1) is 11.3 Å². The van der Waals surface area contributed by atoms with Crippen LogP contribution in [-0.4, -0.2) is 33.8 Å². The van der Waals surface area contributed by atoms with Gasteiger partial charge in [0.2, 0.25) is 0 Å². The van der Waals surface area contributed by atoms with Crippen LogP contribution in [0.15, 0.2) is 29.9 Å². The lowest BCUT2D eigenvalue weighted by Gasteiger charge is -2.21. The zero-order valence-corrected chi connectivity index (χ0v) is 12.9. The third-order valence-corrected chi connectivity index (χ3v) is 4.09. The molecule has 0 aliphatic heterocycles. The predicted molar refractivity (Wildman–Crippen MR) is 80.7 cm³/mol. The summed E-state index contributed by atoms with van der Waals surface area (Å²) < 4.78 is 1.81. The summed E-state index contributed by atoms with van der Waals surface area (Å²) in [6.45, 7) is 5.36. The van der Waals surface area contributed by atoms with E-state index in [-0.39, 0.29) is 12.1 Å². The normalized spacial score (nSPS) is 12.2. The number of urea groups is 1. The topological polar surface area (TPSA) is 50.2 Å². The van der Waals surface area contributed by atoms with Gasteiger partial charge in [0, 0.05) is 30.4 Å². The number of rotatable bonds is 5. The molecule has 1 N–H and O–H groups in total. The number of nitrogens with one attached hydrogen (secondary N) is 1. The van der Waals surface area contributed by atoms with E-state index in [1.807, 2.05) is 30.9 Å². The maximum Gasteiger partial charge on any atom is 0.317 e. The van der Waals surface area contributed by atoms with Crippen molar-refractivity contribution >= 4 is 17.4 Å². The Balaban J connectivity index is 1.83. The molecule has 0 aliphatic rings. The van der Waals surface area contributed by atoms with Crippen LogP contribution in [0.1, 0.15) is 17.4 Å². The number of aryl methyl sites for hydroxylation is 1. The summed E-state index contributed by atoms with van der Waals surface area (Å²) in [7, 11) is 1.81. The zero-order valence-electron chi connectivity index (χ0n) is 12.0. The van der Waals surface area contributed by atoms with E-state index in [2.05, 4.69) is 28.8 Å². The van der Waals surface area contributed by atoms with Crippen molar-refractivity contribution in [3.63, 3.8) is 0 Å². The number of thiophene rings is 1. The minimum absolute atomic E-state index is 0.0364. The summed E-state index contributed by atoms with van der Waals surface area (Å²) in [5, 5.41) is 9.17. The Morgan fingerprint density at radius 2 is 2.40 bits per heavy atom. The van der Waals surface area contributed by atoms with Gasteiger partial charge in [-0.1, -0.05) is 0 Å². The van der Waals surface area contributed by atoms with Crippen molar-refractivity contribution in [1.29, 1.82) is 0 Å². The summed E-state index contributed by atoms with van der Waals surface area (Å²) in [5.74, 6) is 0. The van der Waals surface area contributed by atoms with E-state index in [0.717, 1.165) is 0 Å². The molecule has 0 aromatic carbocycles. The molecule has 0 radical (unpaired) electrons. The first-order chi connectivity index (χ1) is 9.56.